The summed E-state index contributed by atoms with van der Waals surface area (Å²) in [6.07, 6.45) is 0. The Balaban J connectivity index is 2.02. The van der Waals surface area contributed by atoms with E-state index in [2.05, 4.69) is 0 Å². The zero-order valence-corrected chi connectivity index (χ0v) is 10.8. The normalized spacial score (nSPS) is 10.3. The summed E-state index contributed by atoms with van der Waals surface area (Å²) in [5, 5.41) is 0. The Bertz CT molecular complexity index is 552. The number of aryl methyl sites for hydroxylation is 1. The van der Waals surface area contributed by atoms with Crippen molar-refractivity contribution in [1.82, 2.24) is 0 Å². The molecule has 0 radical (unpaired) electrons. The highest BCUT2D eigenvalue weighted by molar-refractivity contribution is 8.00. The Kier molecular flexibility index (Phi) is 4.15. The van der Waals surface area contributed by atoms with Gasteiger partial charge in [-0.25, -0.2) is 4.39 Å². The first kappa shape index (κ1) is 12.8. The van der Waals surface area contributed by atoms with E-state index in [4.69, 9.17) is 0 Å². The monoisotopic (exact) mass is 260 g/mol. The first-order chi connectivity index (χ1) is 8.66. The molecule has 0 N–H and O–H groups in total. The van der Waals surface area contributed by atoms with Crippen LogP contribution in [0.1, 0.15) is 15.9 Å². The third-order valence-corrected chi connectivity index (χ3v) is 3.61. The molecule has 0 atom stereocenters. The number of hydrogen-bond acceptors (Lipinski definition) is 2. The van der Waals surface area contributed by atoms with Crippen molar-refractivity contribution in [2.45, 2.75) is 11.8 Å². The first-order valence-corrected chi connectivity index (χ1v) is 6.62. The van der Waals surface area contributed by atoms with Gasteiger partial charge in [-0.1, -0.05) is 18.2 Å². The number of carbonyl (C=O) groups excluding carboxylic acids is 1. The topological polar surface area (TPSA) is 17.1 Å². The van der Waals surface area contributed by atoms with E-state index in [1.54, 1.807) is 13.0 Å². The minimum atomic E-state index is -0.276. The van der Waals surface area contributed by atoms with Crippen LogP contribution >= 0.6 is 11.8 Å². The number of carbonyl (C=O) groups is 1. The summed E-state index contributed by atoms with van der Waals surface area (Å²) in [6.45, 7) is 1.66. The highest BCUT2D eigenvalue weighted by atomic mass is 32.2. The average molecular weight is 260 g/mol. The lowest BCUT2D eigenvalue weighted by Gasteiger charge is -2.03. The van der Waals surface area contributed by atoms with Crippen molar-refractivity contribution in [2.24, 2.45) is 0 Å². The van der Waals surface area contributed by atoms with Gasteiger partial charge in [0.1, 0.15) is 5.82 Å². The Morgan fingerprint density at radius 1 is 1.17 bits per heavy atom. The molecule has 0 bridgehead atoms. The molecule has 0 aliphatic heterocycles. The van der Waals surface area contributed by atoms with Gasteiger partial charge >= 0.3 is 0 Å². The second-order valence-electron chi connectivity index (χ2n) is 3.99. The number of hydrogen-bond donors (Lipinski definition) is 0. The van der Waals surface area contributed by atoms with Crippen molar-refractivity contribution >= 4 is 17.5 Å². The Morgan fingerprint density at radius 3 is 2.56 bits per heavy atom. The molecule has 0 saturated heterocycles. The van der Waals surface area contributed by atoms with Crippen LogP contribution in [0.2, 0.25) is 0 Å². The van der Waals surface area contributed by atoms with Gasteiger partial charge in [-0.05, 0) is 42.8 Å². The second kappa shape index (κ2) is 5.83. The van der Waals surface area contributed by atoms with E-state index in [1.807, 2.05) is 30.3 Å². The van der Waals surface area contributed by atoms with Crippen LogP contribution in [0.5, 0.6) is 0 Å². The molecule has 0 heterocycles. The lowest BCUT2D eigenvalue weighted by atomic mass is 10.1. The summed E-state index contributed by atoms with van der Waals surface area (Å²) >= 11 is 1.49. The van der Waals surface area contributed by atoms with Gasteiger partial charge in [0.25, 0.3) is 0 Å². The van der Waals surface area contributed by atoms with Gasteiger partial charge < -0.3 is 0 Å². The molecule has 0 fully saturated rings. The van der Waals surface area contributed by atoms with E-state index in [0.717, 1.165) is 4.90 Å². The van der Waals surface area contributed by atoms with Gasteiger partial charge in [0, 0.05) is 10.5 Å². The van der Waals surface area contributed by atoms with Crippen molar-refractivity contribution in [1.29, 1.82) is 0 Å². The van der Waals surface area contributed by atoms with Gasteiger partial charge in [0.05, 0.1) is 5.75 Å². The number of rotatable bonds is 4. The summed E-state index contributed by atoms with van der Waals surface area (Å²) in [7, 11) is 0. The fourth-order valence-electron chi connectivity index (χ4n) is 1.57. The third-order valence-electron chi connectivity index (χ3n) is 2.59. The van der Waals surface area contributed by atoms with E-state index < -0.39 is 0 Å². The van der Waals surface area contributed by atoms with Crippen LogP contribution in [-0.2, 0) is 0 Å². The minimum absolute atomic E-state index is 0.0203. The van der Waals surface area contributed by atoms with Crippen molar-refractivity contribution in [2.75, 3.05) is 5.75 Å². The largest absolute Gasteiger partial charge is 0.293 e. The number of Topliss-reactive ketones (excluding diaryl/α,β-unsaturated/α-hetero) is 1. The molecule has 0 aliphatic rings. The van der Waals surface area contributed by atoms with Crippen molar-refractivity contribution in [3.8, 4) is 0 Å². The predicted octanol–water partition coefficient (Wildman–Crippen LogP) is 4.11. The Morgan fingerprint density at radius 2 is 1.89 bits per heavy atom. The van der Waals surface area contributed by atoms with E-state index in [-0.39, 0.29) is 11.6 Å². The molecular formula is C15H13FOS. The molecule has 0 aliphatic carbocycles. The van der Waals surface area contributed by atoms with Crippen LogP contribution in [0.4, 0.5) is 4.39 Å². The molecule has 0 unspecified atom stereocenters. The molecule has 18 heavy (non-hydrogen) atoms. The van der Waals surface area contributed by atoms with Crippen LogP contribution in [0.25, 0.3) is 0 Å². The van der Waals surface area contributed by atoms with Crippen LogP contribution < -0.4 is 0 Å². The lowest BCUT2D eigenvalue weighted by Crippen LogP contribution is -2.03. The fraction of sp³-hybridized carbons (Fsp3) is 0.133. The molecule has 0 saturated carbocycles. The van der Waals surface area contributed by atoms with E-state index in [9.17, 15) is 9.18 Å². The molecule has 2 rings (SSSR count). The highest BCUT2D eigenvalue weighted by Crippen LogP contribution is 2.19. The molecule has 2 aromatic carbocycles. The van der Waals surface area contributed by atoms with Gasteiger partial charge in [-0.15, -0.1) is 11.8 Å². The summed E-state index contributed by atoms with van der Waals surface area (Å²) in [6, 6.07) is 14.2. The SMILES string of the molecule is Cc1cc(C(=O)CSc2ccccc2)ccc1F. The van der Waals surface area contributed by atoms with E-state index in [1.165, 1.54) is 23.9 Å². The first-order valence-electron chi connectivity index (χ1n) is 5.64. The zero-order chi connectivity index (χ0) is 13.0. The maximum absolute atomic E-state index is 13.1. The molecule has 2 aromatic rings. The van der Waals surface area contributed by atoms with E-state index in [0.29, 0.717) is 16.9 Å². The summed E-state index contributed by atoms with van der Waals surface area (Å²) in [5.41, 5.74) is 1.07. The van der Waals surface area contributed by atoms with Gasteiger partial charge in [0.15, 0.2) is 5.78 Å². The van der Waals surface area contributed by atoms with Gasteiger partial charge in [-0.2, -0.15) is 0 Å². The molecule has 1 nitrogen and oxygen atoms in total. The summed E-state index contributed by atoms with van der Waals surface area (Å²) < 4.78 is 13.1. The average Bonchev–Trinajstić information content (AvgIpc) is 2.40. The van der Waals surface area contributed by atoms with Crippen molar-refractivity contribution < 1.29 is 9.18 Å². The van der Waals surface area contributed by atoms with E-state index >= 15 is 0 Å². The van der Waals surface area contributed by atoms with Crippen molar-refractivity contribution in [3.63, 3.8) is 0 Å². The fourth-order valence-corrected chi connectivity index (χ4v) is 2.38. The molecule has 0 aromatic heterocycles. The number of halogens is 1. The van der Waals surface area contributed by atoms with Crippen molar-refractivity contribution in [3.05, 3.63) is 65.5 Å². The quantitative estimate of drug-likeness (QED) is 0.608. The Labute approximate surface area is 110 Å². The zero-order valence-electron chi connectivity index (χ0n) is 10.0. The van der Waals surface area contributed by atoms with Crippen LogP contribution in [0.3, 0.4) is 0 Å². The third kappa shape index (κ3) is 3.20. The number of ketones is 1. The summed E-state index contributed by atoms with van der Waals surface area (Å²) in [5.74, 6) is 0.115. The molecular weight excluding hydrogens is 247 g/mol. The maximum Gasteiger partial charge on any atom is 0.173 e. The molecule has 3 heteroatoms. The lowest BCUT2D eigenvalue weighted by molar-refractivity contribution is 0.102. The second-order valence-corrected chi connectivity index (χ2v) is 5.04. The smallest absolute Gasteiger partial charge is 0.173 e. The molecule has 0 amide bonds. The predicted molar refractivity (Wildman–Crippen MR) is 72.6 cm³/mol. The number of thioether (sulfide) groups is 1. The number of benzene rings is 2. The Hall–Kier alpha value is -1.61. The minimum Gasteiger partial charge on any atom is -0.293 e. The van der Waals surface area contributed by atoms with Crippen LogP contribution in [0, 0.1) is 12.7 Å². The van der Waals surface area contributed by atoms with Crippen LogP contribution in [-0.4, -0.2) is 11.5 Å². The maximum atomic E-state index is 13.1. The highest BCUT2D eigenvalue weighted by Gasteiger charge is 2.08. The molecule has 92 valence electrons. The molecule has 0 spiro atoms. The van der Waals surface area contributed by atoms with Crippen LogP contribution in [0.15, 0.2) is 53.4 Å². The van der Waals surface area contributed by atoms with Gasteiger partial charge in [0.2, 0.25) is 0 Å². The standard InChI is InChI=1S/C15H13FOS/c1-11-9-12(7-8-14(11)16)15(17)10-18-13-5-3-2-4-6-13/h2-9H,10H2,1H3. The summed E-state index contributed by atoms with van der Waals surface area (Å²) in [4.78, 5) is 13.0. The van der Waals surface area contributed by atoms with Gasteiger partial charge in [-0.3, -0.25) is 4.79 Å².